The first-order valence-electron chi connectivity index (χ1n) is 10.2. The van der Waals surface area contributed by atoms with Crippen molar-refractivity contribution in [2.24, 2.45) is 10.9 Å². The SMILES string of the molecule is C=Nc1ccc(-c2ccc(-c3ccc(C4CCC(C=N)CC4)cc3)cc2F)cc1. The Hall–Kier alpha value is -3.07. The summed E-state index contributed by atoms with van der Waals surface area (Å²) >= 11 is 0. The second-order valence-corrected chi connectivity index (χ2v) is 7.80. The van der Waals surface area contributed by atoms with Crippen LogP contribution in [0.5, 0.6) is 0 Å². The summed E-state index contributed by atoms with van der Waals surface area (Å²) < 4.78 is 14.8. The van der Waals surface area contributed by atoms with Gasteiger partial charge in [-0.15, -0.1) is 0 Å². The Morgan fingerprint density at radius 3 is 2.03 bits per heavy atom. The summed E-state index contributed by atoms with van der Waals surface area (Å²) in [4.78, 5) is 3.88. The van der Waals surface area contributed by atoms with Gasteiger partial charge in [0.15, 0.2) is 0 Å². The molecule has 3 heteroatoms. The number of halogens is 1. The van der Waals surface area contributed by atoms with Crippen LogP contribution in [0.15, 0.2) is 71.7 Å². The van der Waals surface area contributed by atoms with Gasteiger partial charge in [-0.1, -0.05) is 48.5 Å². The molecule has 0 atom stereocenters. The van der Waals surface area contributed by atoms with E-state index in [0.717, 1.165) is 48.1 Å². The molecule has 0 unspecified atom stereocenters. The quantitative estimate of drug-likeness (QED) is 0.445. The third-order valence-corrected chi connectivity index (χ3v) is 6.05. The minimum atomic E-state index is -0.226. The fraction of sp³-hybridized carbons (Fsp3) is 0.231. The molecule has 29 heavy (non-hydrogen) atoms. The lowest BCUT2D eigenvalue weighted by atomic mass is 9.79. The number of rotatable bonds is 5. The van der Waals surface area contributed by atoms with Crippen LogP contribution in [0.4, 0.5) is 10.1 Å². The molecule has 1 aliphatic carbocycles. The smallest absolute Gasteiger partial charge is 0.131 e. The van der Waals surface area contributed by atoms with Crippen LogP contribution >= 0.6 is 0 Å². The van der Waals surface area contributed by atoms with Crippen molar-refractivity contribution in [1.82, 2.24) is 0 Å². The fourth-order valence-corrected chi connectivity index (χ4v) is 4.24. The molecule has 2 nitrogen and oxygen atoms in total. The Labute approximate surface area is 171 Å². The van der Waals surface area contributed by atoms with E-state index in [9.17, 15) is 4.39 Å². The number of benzene rings is 3. The van der Waals surface area contributed by atoms with Crippen LogP contribution in [0.25, 0.3) is 22.3 Å². The van der Waals surface area contributed by atoms with Gasteiger partial charge in [0.1, 0.15) is 5.82 Å². The molecule has 0 aromatic heterocycles. The summed E-state index contributed by atoms with van der Waals surface area (Å²) in [7, 11) is 0. The van der Waals surface area contributed by atoms with Gasteiger partial charge in [0.25, 0.3) is 0 Å². The average molecular weight is 384 g/mol. The maximum absolute atomic E-state index is 14.8. The summed E-state index contributed by atoms with van der Waals surface area (Å²) in [6.07, 6.45) is 6.09. The molecular formula is C26H25FN2. The van der Waals surface area contributed by atoms with Crippen molar-refractivity contribution >= 4 is 18.6 Å². The van der Waals surface area contributed by atoms with Crippen LogP contribution in [0.2, 0.25) is 0 Å². The van der Waals surface area contributed by atoms with Gasteiger partial charge in [-0.05, 0) is 90.9 Å². The Bertz CT molecular complexity index is 998. The molecule has 0 amide bonds. The normalized spacial score (nSPS) is 18.9. The van der Waals surface area contributed by atoms with Gasteiger partial charge in [0, 0.05) is 5.56 Å². The third kappa shape index (κ3) is 4.19. The average Bonchev–Trinajstić information content (AvgIpc) is 2.79. The molecule has 3 aromatic rings. The predicted molar refractivity (Wildman–Crippen MR) is 120 cm³/mol. The first kappa shape index (κ1) is 19.3. The highest BCUT2D eigenvalue weighted by atomic mass is 19.1. The van der Waals surface area contributed by atoms with E-state index >= 15 is 0 Å². The molecule has 1 N–H and O–H groups in total. The summed E-state index contributed by atoms with van der Waals surface area (Å²) in [5, 5.41) is 7.43. The molecule has 0 aliphatic heterocycles. The maximum Gasteiger partial charge on any atom is 0.131 e. The van der Waals surface area contributed by atoms with Gasteiger partial charge in [-0.3, -0.25) is 4.99 Å². The molecule has 0 radical (unpaired) electrons. The lowest BCUT2D eigenvalue weighted by Crippen LogP contribution is -2.13. The molecule has 3 aromatic carbocycles. The second-order valence-electron chi connectivity index (χ2n) is 7.80. The molecule has 1 fully saturated rings. The van der Waals surface area contributed by atoms with Crippen LogP contribution in [0, 0.1) is 17.1 Å². The van der Waals surface area contributed by atoms with Gasteiger partial charge in [0.05, 0.1) is 5.69 Å². The summed E-state index contributed by atoms with van der Waals surface area (Å²) in [5.41, 5.74) is 5.46. The van der Waals surface area contributed by atoms with Crippen LogP contribution < -0.4 is 0 Å². The van der Waals surface area contributed by atoms with E-state index in [4.69, 9.17) is 5.41 Å². The maximum atomic E-state index is 14.8. The molecule has 146 valence electrons. The zero-order valence-electron chi connectivity index (χ0n) is 16.4. The minimum absolute atomic E-state index is 0.226. The number of nitrogens with one attached hydrogen (secondary N) is 1. The predicted octanol–water partition coefficient (Wildman–Crippen LogP) is 7.42. The van der Waals surface area contributed by atoms with E-state index in [2.05, 4.69) is 36.0 Å². The minimum Gasteiger partial charge on any atom is -0.313 e. The van der Waals surface area contributed by atoms with Crippen LogP contribution in [0.1, 0.15) is 37.2 Å². The van der Waals surface area contributed by atoms with Gasteiger partial charge < -0.3 is 5.41 Å². The van der Waals surface area contributed by atoms with Crippen LogP contribution in [0.3, 0.4) is 0 Å². The Balaban J connectivity index is 1.52. The van der Waals surface area contributed by atoms with Crippen molar-refractivity contribution in [3.63, 3.8) is 0 Å². The largest absolute Gasteiger partial charge is 0.313 e. The molecule has 0 spiro atoms. The van der Waals surface area contributed by atoms with Gasteiger partial charge >= 0.3 is 0 Å². The van der Waals surface area contributed by atoms with Gasteiger partial charge in [0.2, 0.25) is 0 Å². The Morgan fingerprint density at radius 2 is 1.45 bits per heavy atom. The number of nitrogens with zero attached hydrogens (tertiary/aromatic N) is 1. The van der Waals surface area contributed by atoms with Crippen molar-refractivity contribution < 1.29 is 4.39 Å². The van der Waals surface area contributed by atoms with Gasteiger partial charge in [-0.25, -0.2) is 4.39 Å². The zero-order valence-corrected chi connectivity index (χ0v) is 16.4. The fourth-order valence-electron chi connectivity index (χ4n) is 4.24. The number of hydrogen-bond acceptors (Lipinski definition) is 2. The van der Waals surface area contributed by atoms with Crippen molar-refractivity contribution in [2.75, 3.05) is 0 Å². The monoisotopic (exact) mass is 384 g/mol. The van der Waals surface area contributed by atoms with Crippen LogP contribution in [-0.4, -0.2) is 12.9 Å². The third-order valence-electron chi connectivity index (χ3n) is 6.05. The van der Waals surface area contributed by atoms with Crippen molar-refractivity contribution in [3.8, 4) is 22.3 Å². The highest BCUT2D eigenvalue weighted by Crippen LogP contribution is 2.36. The molecule has 0 bridgehead atoms. The van der Waals surface area contributed by atoms with E-state index in [0.29, 0.717) is 17.4 Å². The lowest BCUT2D eigenvalue weighted by Gasteiger charge is -2.26. The zero-order chi connectivity index (χ0) is 20.2. The molecule has 4 rings (SSSR count). The van der Waals surface area contributed by atoms with Gasteiger partial charge in [-0.2, -0.15) is 0 Å². The molecule has 1 saturated carbocycles. The summed E-state index contributed by atoms with van der Waals surface area (Å²) in [6.45, 7) is 3.51. The van der Waals surface area contributed by atoms with E-state index in [1.165, 1.54) is 5.56 Å². The molecule has 0 heterocycles. The number of hydrogen-bond donors (Lipinski definition) is 1. The molecular weight excluding hydrogens is 359 g/mol. The van der Waals surface area contributed by atoms with Crippen molar-refractivity contribution in [3.05, 3.63) is 78.1 Å². The lowest BCUT2D eigenvalue weighted by molar-refractivity contribution is 0.396. The summed E-state index contributed by atoms with van der Waals surface area (Å²) in [6, 6.07) is 21.4. The first-order valence-corrected chi connectivity index (χ1v) is 10.2. The Morgan fingerprint density at radius 1 is 0.828 bits per heavy atom. The summed E-state index contributed by atoms with van der Waals surface area (Å²) in [5.74, 6) is 0.805. The number of aliphatic imine (C=N–C) groups is 1. The Kier molecular flexibility index (Phi) is 5.66. The van der Waals surface area contributed by atoms with E-state index < -0.39 is 0 Å². The second kappa shape index (κ2) is 8.52. The topological polar surface area (TPSA) is 36.2 Å². The highest BCUT2D eigenvalue weighted by molar-refractivity contribution is 5.72. The standard InChI is InChI=1S/C26H25FN2/c1-29-24-13-10-22(11-14-24)25-15-12-23(16-26(25)27)21-8-6-20(7-9-21)19-4-2-18(17-28)3-5-19/h6-19,28H,1-5H2. The first-order chi connectivity index (χ1) is 14.2. The van der Waals surface area contributed by atoms with E-state index in [-0.39, 0.29) is 5.82 Å². The van der Waals surface area contributed by atoms with E-state index in [1.807, 2.05) is 36.4 Å². The molecule has 0 saturated heterocycles. The molecule has 1 aliphatic rings. The van der Waals surface area contributed by atoms with Crippen LogP contribution in [-0.2, 0) is 0 Å². The van der Waals surface area contributed by atoms with E-state index in [1.54, 1.807) is 12.3 Å². The van der Waals surface area contributed by atoms with Crippen molar-refractivity contribution in [2.45, 2.75) is 31.6 Å². The van der Waals surface area contributed by atoms with Crippen molar-refractivity contribution in [1.29, 1.82) is 5.41 Å². The highest BCUT2D eigenvalue weighted by Gasteiger charge is 2.21.